The van der Waals surface area contributed by atoms with E-state index in [4.69, 9.17) is 15.9 Å². The highest BCUT2D eigenvalue weighted by atomic mass is 16.4. The van der Waals surface area contributed by atoms with Crippen LogP contribution in [0.25, 0.3) is 11.3 Å². The molecule has 2 aromatic rings. The lowest BCUT2D eigenvalue weighted by Crippen LogP contribution is -2.41. The van der Waals surface area contributed by atoms with Gasteiger partial charge < -0.3 is 21.3 Å². The van der Waals surface area contributed by atoms with Crippen molar-refractivity contribution >= 4 is 23.5 Å². The average Bonchev–Trinajstić information content (AvgIpc) is 2.59. The molecule has 130 valence electrons. The Kier molecular flexibility index (Phi) is 5.67. The molecule has 1 heterocycles. The molecule has 1 aromatic carbocycles. The minimum atomic E-state index is -1.32. The summed E-state index contributed by atoms with van der Waals surface area (Å²) in [5.41, 5.74) is 7.40. The molecule has 0 aliphatic rings. The number of hydrogen-bond donors (Lipinski definition) is 4. The summed E-state index contributed by atoms with van der Waals surface area (Å²) in [6.07, 6.45) is -0.599. The van der Waals surface area contributed by atoms with Gasteiger partial charge in [0.05, 0.1) is 11.4 Å². The molecule has 0 radical (unpaired) electrons. The summed E-state index contributed by atoms with van der Waals surface area (Å²) in [5, 5.41) is 20.0. The highest BCUT2D eigenvalue weighted by Gasteiger charge is 2.22. The molecule has 1 unspecified atom stereocenters. The molecule has 8 heteroatoms. The molecular weight excluding hydrogens is 326 g/mol. The molecule has 0 bridgehead atoms. The average molecular weight is 343 g/mol. The molecule has 0 aliphatic carbocycles. The molecule has 25 heavy (non-hydrogen) atoms. The van der Waals surface area contributed by atoms with E-state index in [-0.39, 0.29) is 18.5 Å². The van der Waals surface area contributed by atoms with Crippen molar-refractivity contribution in [3.63, 3.8) is 0 Å². The number of nitrogens with zero attached hydrogens (tertiary/aromatic N) is 1. The van der Waals surface area contributed by atoms with Gasteiger partial charge in [0.1, 0.15) is 11.7 Å². The first-order valence-electron chi connectivity index (χ1n) is 7.46. The topological polar surface area (TPSA) is 143 Å². The van der Waals surface area contributed by atoms with Crippen LogP contribution in [0.1, 0.15) is 23.3 Å². The van der Waals surface area contributed by atoms with Gasteiger partial charge in [0.15, 0.2) is 0 Å². The summed E-state index contributed by atoms with van der Waals surface area (Å²) in [5.74, 6) is -3.17. The predicted molar refractivity (Wildman–Crippen MR) is 89.8 cm³/mol. The molecule has 8 nitrogen and oxygen atoms in total. The SMILES string of the molecule is Nc1ccc(C(=O)NC(CCC(=O)O)C(=O)O)nc1-c1ccccc1. The van der Waals surface area contributed by atoms with Crippen molar-refractivity contribution in [2.24, 2.45) is 0 Å². The van der Waals surface area contributed by atoms with Gasteiger partial charge in [-0.1, -0.05) is 30.3 Å². The Hall–Kier alpha value is -3.42. The Morgan fingerprint density at radius 1 is 1.08 bits per heavy atom. The molecule has 2 rings (SSSR count). The Morgan fingerprint density at radius 3 is 2.36 bits per heavy atom. The van der Waals surface area contributed by atoms with Crippen molar-refractivity contribution in [2.45, 2.75) is 18.9 Å². The minimum Gasteiger partial charge on any atom is -0.481 e. The molecule has 5 N–H and O–H groups in total. The van der Waals surface area contributed by atoms with Crippen LogP contribution in [0.15, 0.2) is 42.5 Å². The molecule has 1 aromatic heterocycles. The smallest absolute Gasteiger partial charge is 0.326 e. The number of hydrogen-bond acceptors (Lipinski definition) is 5. The number of carboxylic acids is 2. The van der Waals surface area contributed by atoms with E-state index in [0.29, 0.717) is 11.4 Å². The van der Waals surface area contributed by atoms with Gasteiger partial charge >= 0.3 is 11.9 Å². The Morgan fingerprint density at radius 2 is 1.76 bits per heavy atom. The van der Waals surface area contributed by atoms with Crippen LogP contribution in [-0.4, -0.2) is 39.1 Å². The van der Waals surface area contributed by atoms with Gasteiger partial charge in [-0.25, -0.2) is 9.78 Å². The maximum Gasteiger partial charge on any atom is 0.326 e. The monoisotopic (exact) mass is 343 g/mol. The molecule has 0 aliphatic heterocycles. The number of aromatic nitrogens is 1. The number of carbonyl (C=O) groups is 3. The van der Waals surface area contributed by atoms with Gasteiger partial charge in [0.2, 0.25) is 0 Å². The zero-order valence-corrected chi connectivity index (χ0v) is 13.2. The van der Waals surface area contributed by atoms with E-state index in [2.05, 4.69) is 10.3 Å². The number of nitrogens with two attached hydrogens (primary N) is 1. The second-order valence-corrected chi connectivity index (χ2v) is 5.30. The maximum atomic E-state index is 12.3. The van der Waals surface area contributed by atoms with Crippen LogP contribution in [0.2, 0.25) is 0 Å². The largest absolute Gasteiger partial charge is 0.481 e. The number of nitrogen functional groups attached to an aromatic ring is 1. The van der Waals surface area contributed by atoms with Crippen molar-refractivity contribution in [1.82, 2.24) is 10.3 Å². The van der Waals surface area contributed by atoms with E-state index in [0.717, 1.165) is 5.56 Å². The number of rotatable bonds is 7. The number of nitrogens with one attached hydrogen (secondary N) is 1. The third-order valence-corrected chi connectivity index (χ3v) is 3.46. The first-order valence-corrected chi connectivity index (χ1v) is 7.46. The van der Waals surface area contributed by atoms with Crippen molar-refractivity contribution in [3.8, 4) is 11.3 Å². The van der Waals surface area contributed by atoms with Gasteiger partial charge in [-0.15, -0.1) is 0 Å². The lowest BCUT2D eigenvalue weighted by Gasteiger charge is -2.14. The quantitative estimate of drug-likeness (QED) is 0.594. The minimum absolute atomic E-state index is 0.00497. The number of aliphatic carboxylic acids is 2. The zero-order chi connectivity index (χ0) is 18.4. The van der Waals surface area contributed by atoms with Crippen LogP contribution in [0, 0.1) is 0 Å². The highest BCUT2D eigenvalue weighted by Crippen LogP contribution is 2.23. The predicted octanol–water partition coefficient (Wildman–Crippen LogP) is 1.38. The maximum absolute atomic E-state index is 12.3. The lowest BCUT2D eigenvalue weighted by molar-refractivity contribution is -0.140. The fourth-order valence-electron chi connectivity index (χ4n) is 2.18. The van der Waals surface area contributed by atoms with Gasteiger partial charge in [0.25, 0.3) is 5.91 Å². The van der Waals surface area contributed by atoms with E-state index in [1.807, 2.05) is 6.07 Å². The third kappa shape index (κ3) is 4.77. The van der Waals surface area contributed by atoms with Crippen LogP contribution in [0.4, 0.5) is 5.69 Å². The molecule has 0 spiro atoms. The van der Waals surface area contributed by atoms with E-state index >= 15 is 0 Å². The van der Waals surface area contributed by atoms with Crippen molar-refractivity contribution in [3.05, 3.63) is 48.2 Å². The van der Waals surface area contributed by atoms with Gasteiger partial charge in [-0.05, 0) is 18.6 Å². The highest BCUT2D eigenvalue weighted by molar-refractivity contribution is 5.96. The second kappa shape index (κ2) is 7.91. The van der Waals surface area contributed by atoms with Crippen molar-refractivity contribution in [2.75, 3.05) is 5.73 Å². The molecule has 0 fully saturated rings. The number of anilines is 1. The van der Waals surface area contributed by atoms with Crippen LogP contribution < -0.4 is 11.1 Å². The molecule has 0 saturated heterocycles. The third-order valence-electron chi connectivity index (χ3n) is 3.46. The van der Waals surface area contributed by atoms with Gasteiger partial charge in [-0.2, -0.15) is 0 Å². The first kappa shape index (κ1) is 17.9. The number of carbonyl (C=O) groups excluding carboxylic acids is 1. The summed E-state index contributed by atoms with van der Waals surface area (Å²) >= 11 is 0. The fraction of sp³-hybridized carbons (Fsp3) is 0.176. The summed E-state index contributed by atoms with van der Waals surface area (Å²) in [4.78, 5) is 38.2. The fourth-order valence-corrected chi connectivity index (χ4v) is 2.18. The number of amides is 1. The van der Waals surface area contributed by atoms with E-state index < -0.39 is 23.9 Å². The number of pyridine rings is 1. The van der Waals surface area contributed by atoms with Crippen LogP contribution >= 0.6 is 0 Å². The Labute approximate surface area is 143 Å². The lowest BCUT2D eigenvalue weighted by atomic mass is 10.1. The number of benzene rings is 1. The molecule has 1 amide bonds. The van der Waals surface area contributed by atoms with Gasteiger partial charge in [-0.3, -0.25) is 9.59 Å². The van der Waals surface area contributed by atoms with Crippen LogP contribution in [0.5, 0.6) is 0 Å². The Balaban J connectivity index is 2.21. The molecule has 0 saturated carbocycles. The summed E-state index contributed by atoms with van der Waals surface area (Å²) in [6.45, 7) is 0. The number of carboxylic acid groups (broad SMARTS) is 2. The van der Waals surface area contributed by atoms with Crippen LogP contribution in [-0.2, 0) is 9.59 Å². The van der Waals surface area contributed by atoms with E-state index in [1.165, 1.54) is 12.1 Å². The zero-order valence-electron chi connectivity index (χ0n) is 13.2. The first-order chi connectivity index (χ1) is 11.9. The summed E-state index contributed by atoms with van der Waals surface area (Å²) in [6, 6.07) is 10.6. The second-order valence-electron chi connectivity index (χ2n) is 5.30. The molecule has 1 atom stereocenters. The van der Waals surface area contributed by atoms with Crippen molar-refractivity contribution in [1.29, 1.82) is 0 Å². The summed E-state index contributed by atoms with van der Waals surface area (Å²) in [7, 11) is 0. The van der Waals surface area contributed by atoms with E-state index in [9.17, 15) is 14.4 Å². The molecular formula is C17H17N3O5. The summed E-state index contributed by atoms with van der Waals surface area (Å²) < 4.78 is 0. The van der Waals surface area contributed by atoms with Crippen LogP contribution in [0.3, 0.4) is 0 Å². The standard InChI is InChI=1S/C17H17N3O5/c18-11-6-7-12(19-15(11)10-4-2-1-3-5-10)16(23)20-13(17(24)25)8-9-14(21)22/h1-7,13H,8-9,18H2,(H,20,23)(H,21,22)(H,24,25). The van der Waals surface area contributed by atoms with Crippen molar-refractivity contribution < 1.29 is 24.6 Å². The normalized spacial score (nSPS) is 11.5. The van der Waals surface area contributed by atoms with E-state index in [1.54, 1.807) is 24.3 Å². The van der Waals surface area contributed by atoms with Gasteiger partial charge in [0, 0.05) is 12.0 Å². The Bertz CT molecular complexity index is 792.